The molecule has 120 valence electrons. The van der Waals surface area contributed by atoms with Crippen LogP contribution in [0, 0.1) is 12.8 Å². The van der Waals surface area contributed by atoms with Crippen molar-refractivity contribution in [1.82, 2.24) is 15.2 Å². The second-order valence-electron chi connectivity index (χ2n) is 5.88. The number of aryl methyl sites for hydroxylation is 1. The molecule has 1 saturated carbocycles. The first-order valence-electron chi connectivity index (χ1n) is 7.72. The summed E-state index contributed by atoms with van der Waals surface area (Å²) in [6, 6.07) is -0.321. The number of carbonyl (C=O) groups is 2. The third kappa shape index (κ3) is 3.46. The largest absolute Gasteiger partial charge is 0.349 e. The van der Waals surface area contributed by atoms with Crippen LogP contribution in [0.4, 0.5) is 0 Å². The molecule has 5 nitrogen and oxygen atoms in total. The Morgan fingerprint density at radius 1 is 1.41 bits per heavy atom. The van der Waals surface area contributed by atoms with E-state index in [-0.39, 0.29) is 23.8 Å². The lowest BCUT2D eigenvalue weighted by atomic mass is 10.1. The molecule has 2 amide bonds. The van der Waals surface area contributed by atoms with Gasteiger partial charge in [0.15, 0.2) is 0 Å². The van der Waals surface area contributed by atoms with Crippen molar-refractivity contribution in [3.05, 3.63) is 16.1 Å². The third-order valence-corrected chi connectivity index (χ3v) is 6.12. The second kappa shape index (κ2) is 7.00. The molecular weight excluding hydrogens is 318 g/mol. The number of carbonyl (C=O) groups excluding carboxylic acids is 2. The third-order valence-electron chi connectivity index (χ3n) is 4.28. The first-order chi connectivity index (χ1) is 10.6. The minimum atomic E-state index is -0.321. The smallest absolute Gasteiger partial charge is 0.244 e. The average molecular weight is 339 g/mol. The average Bonchev–Trinajstić information content (AvgIpc) is 3.25. The Bertz CT molecular complexity index is 555. The summed E-state index contributed by atoms with van der Waals surface area (Å²) in [6.45, 7) is 2.39. The predicted octanol–water partition coefficient (Wildman–Crippen LogP) is 2.16. The quantitative estimate of drug-likeness (QED) is 0.913. The van der Waals surface area contributed by atoms with Gasteiger partial charge in [-0.3, -0.25) is 9.59 Å². The van der Waals surface area contributed by atoms with Gasteiger partial charge in [-0.1, -0.05) is 12.8 Å². The molecule has 1 unspecified atom stereocenters. The molecule has 2 fully saturated rings. The Kier molecular flexibility index (Phi) is 5.03. The molecule has 2 aliphatic rings. The maximum absolute atomic E-state index is 12.6. The van der Waals surface area contributed by atoms with E-state index in [2.05, 4.69) is 10.3 Å². The minimum Gasteiger partial charge on any atom is -0.349 e. The summed E-state index contributed by atoms with van der Waals surface area (Å²) in [5, 5.41) is 5.89. The minimum absolute atomic E-state index is 0.0537. The second-order valence-corrected chi connectivity index (χ2v) is 7.94. The van der Waals surface area contributed by atoms with Gasteiger partial charge in [0, 0.05) is 17.1 Å². The number of aromatic nitrogens is 1. The molecule has 0 spiro atoms. The van der Waals surface area contributed by atoms with Crippen molar-refractivity contribution in [2.45, 2.75) is 45.2 Å². The summed E-state index contributed by atoms with van der Waals surface area (Å²) < 4.78 is 0. The van der Waals surface area contributed by atoms with E-state index < -0.39 is 0 Å². The van der Waals surface area contributed by atoms with E-state index in [1.807, 2.05) is 12.3 Å². The Balaban J connectivity index is 1.57. The Morgan fingerprint density at radius 3 is 2.86 bits per heavy atom. The Labute approximate surface area is 138 Å². The molecular formula is C15H21N3O2S2. The zero-order valence-electron chi connectivity index (χ0n) is 12.7. The maximum atomic E-state index is 12.6. The van der Waals surface area contributed by atoms with E-state index in [1.54, 1.807) is 28.0 Å². The van der Waals surface area contributed by atoms with Crippen LogP contribution in [0.25, 0.3) is 0 Å². The summed E-state index contributed by atoms with van der Waals surface area (Å²) in [6.07, 6.45) is 4.23. The van der Waals surface area contributed by atoms with Gasteiger partial charge in [-0.05, 0) is 19.8 Å². The summed E-state index contributed by atoms with van der Waals surface area (Å²) in [7, 11) is 0. The highest BCUT2D eigenvalue weighted by atomic mass is 32.2. The lowest BCUT2D eigenvalue weighted by molar-refractivity contribution is -0.141. The number of thiazole rings is 1. The van der Waals surface area contributed by atoms with Gasteiger partial charge in [-0.25, -0.2) is 4.98 Å². The molecule has 1 aromatic heterocycles. The number of nitrogens with zero attached hydrogens (tertiary/aromatic N) is 2. The van der Waals surface area contributed by atoms with E-state index >= 15 is 0 Å². The maximum Gasteiger partial charge on any atom is 0.244 e. The van der Waals surface area contributed by atoms with Gasteiger partial charge in [0.25, 0.3) is 0 Å². The lowest BCUT2D eigenvalue weighted by Crippen LogP contribution is -2.48. The molecule has 22 heavy (non-hydrogen) atoms. The lowest BCUT2D eigenvalue weighted by Gasteiger charge is -2.25. The molecule has 3 rings (SSSR count). The summed E-state index contributed by atoms with van der Waals surface area (Å²) >= 11 is 3.24. The number of nitrogens with one attached hydrogen (secondary N) is 1. The zero-order valence-corrected chi connectivity index (χ0v) is 14.3. The first kappa shape index (κ1) is 15.8. The molecule has 1 aliphatic heterocycles. The zero-order chi connectivity index (χ0) is 15.5. The molecule has 1 N–H and O–H groups in total. The van der Waals surface area contributed by atoms with Crippen LogP contribution in [-0.4, -0.2) is 39.4 Å². The molecule has 1 aromatic rings. The number of rotatable bonds is 4. The highest BCUT2D eigenvalue weighted by molar-refractivity contribution is 7.99. The fourth-order valence-corrected chi connectivity index (χ4v) is 4.85. The molecule has 1 atom stereocenters. The molecule has 1 aliphatic carbocycles. The SMILES string of the molecule is Cc1nc(CNC(=O)C2CSCN2C(=O)C2CCCC2)cs1. The normalized spacial score (nSPS) is 22.2. The summed E-state index contributed by atoms with van der Waals surface area (Å²) in [5.41, 5.74) is 0.884. The van der Waals surface area contributed by atoms with E-state index in [0.717, 1.165) is 36.4 Å². The first-order valence-corrected chi connectivity index (χ1v) is 9.75. The molecule has 2 heterocycles. The fraction of sp³-hybridized carbons (Fsp3) is 0.667. The van der Waals surface area contributed by atoms with Gasteiger partial charge in [-0.2, -0.15) is 0 Å². The fourth-order valence-electron chi connectivity index (χ4n) is 3.07. The van der Waals surface area contributed by atoms with Gasteiger partial charge < -0.3 is 10.2 Å². The van der Waals surface area contributed by atoms with E-state index in [4.69, 9.17) is 0 Å². The number of hydrogen-bond acceptors (Lipinski definition) is 5. The van der Waals surface area contributed by atoms with Gasteiger partial charge in [-0.15, -0.1) is 23.1 Å². The standard InChI is InChI=1S/C15H21N3O2S2/c1-10-17-12(7-22-10)6-16-14(19)13-8-21-9-18(13)15(20)11-4-2-3-5-11/h7,11,13H,2-6,8-9H2,1H3,(H,16,19). The number of hydrogen-bond donors (Lipinski definition) is 1. The predicted molar refractivity (Wildman–Crippen MR) is 88.6 cm³/mol. The van der Waals surface area contributed by atoms with Crippen molar-refractivity contribution in [2.75, 3.05) is 11.6 Å². The van der Waals surface area contributed by atoms with Crippen molar-refractivity contribution in [3.63, 3.8) is 0 Å². The van der Waals surface area contributed by atoms with Crippen molar-refractivity contribution in [2.24, 2.45) is 5.92 Å². The molecule has 1 saturated heterocycles. The van der Waals surface area contributed by atoms with E-state index in [9.17, 15) is 9.59 Å². The van der Waals surface area contributed by atoms with Crippen LogP contribution < -0.4 is 5.32 Å². The van der Waals surface area contributed by atoms with Crippen LogP contribution in [0.1, 0.15) is 36.4 Å². The topological polar surface area (TPSA) is 62.3 Å². The van der Waals surface area contributed by atoms with Gasteiger partial charge in [0.1, 0.15) is 6.04 Å². The molecule has 0 radical (unpaired) electrons. The molecule has 0 aromatic carbocycles. The van der Waals surface area contributed by atoms with Crippen molar-refractivity contribution in [3.8, 4) is 0 Å². The highest BCUT2D eigenvalue weighted by Gasteiger charge is 2.38. The van der Waals surface area contributed by atoms with E-state index in [1.165, 1.54) is 0 Å². The summed E-state index contributed by atoms with van der Waals surface area (Å²) in [4.78, 5) is 31.1. The Hall–Kier alpha value is -1.08. The van der Waals surface area contributed by atoms with Crippen LogP contribution in [0.2, 0.25) is 0 Å². The number of thioether (sulfide) groups is 1. The van der Waals surface area contributed by atoms with Crippen molar-refractivity contribution in [1.29, 1.82) is 0 Å². The van der Waals surface area contributed by atoms with Crippen LogP contribution in [0.15, 0.2) is 5.38 Å². The molecule has 7 heteroatoms. The van der Waals surface area contributed by atoms with Gasteiger partial charge in [0.05, 0.1) is 23.1 Å². The Morgan fingerprint density at radius 2 is 2.18 bits per heavy atom. The van der Waals surface area contributed by atoms with Crippen LogP contribution >= 0.6 is 23.1 Å². The van der Waals surface area contributed by atoms with Gasteiger partial charge >= 0.3 is 0 Å². The number of amides is 2. The monoisotopic (exact) mass is 339 g/mol. The highest BCUT2D eigenvalue weighted by Crippen LogP contribution is 2.30. The molecule has 0 bridgehead atoms. The van der Waals surface area contributed by atoms with Crippen molar-refractivity contribution < 1.29 is 9.59 Å². The van der Waals surface area contributed by atoms with Gasteiger partial charge in [0.2, 0.25) is 11.8 Å². The van der Waals surface area contributed by atoms with Crippen LogP contribution in [-0.2, 0) is 16.1 Å². The van der Waals surface area contributed by atoms with E-state index in [0.29, 0.717) is 18.2 Å². The van der Waals surface area contributed by atoms with Crippen LogP contribution in [0.5, 0.6) is 0 Å². The van der Waals surface area contributed by atoms with Crippen LogP contribution in [0.3, 0.4) is 0 Å². The summed E-state index contributed by atoms with van der Waals surface area (Å²) in [5.74, 6) is 1.59. The van der Waals surface area contributed by atoms with Crippen molar-refractivity contribution >= 4 is 34.9 Å².